The van der Waals surface area contributed by atoms with E-state index in [9.17, 15) is 8.78 Å². The van der Waals surface area contributed by atoms with Gasteiger partial charge in [0.05, 0.1) is 0 Å². The van der Waals surface area contributed by atoms with Gasteiger partial charge >= 0.3 is 0 Å². The van der Waals surface area contributed by atoms with Crippen molar-refractivity contribution in [2.45, 2.75) is 51.9 Å². The highest BCUT2D eigenvalue weighted by molar-refractivity contribution is 5.18. The lowest BCUT2D eigenvalue weighted by Crippen LogP contribution is -2.18. The Morgan fingerprint density at radius 2 is 1.47 bits per heavy atom. The van der Waals surface area contributed by atoms with E-state index in [1.54, 1.807) is 0 Å². The molecule has 0 saturated carbocycles. The van der Waals surface area contributed by atoms with Crippen LogP contribution in [-0.2, 0) is 6.42 Å². The van der Waals surface area contributed by atoms with Crippen LogP contribution in [0.4, 0.5) is 8.78 Å². The minimum Gasteiger partial charge on any atom is -0.316 e. The van der Waals surface area contributed by atoms with E-state index in [0.717, 1.165) is 19.2 Å². The second-order valence-corrected chi connectivity index (χ2v) is 5.05. The predicted molar refractivity (Wildman–Crippen MR) is 76.3 cm³/mol. The fourth-order valence-corrected chi connectivity index (χ4v) is 2.14. The molecule has 0 aliphatic heterocycles. The van der Waals surface area contributed by atoms with E-state index in [2.05, 4.69) is 12.2 Å². The van der Waals surface area contributed by atoms with Crippen molar-refractivity contribution in [3.63, 3.8) is 0 Å². The molecule has 0 amide bonds. The Bertz CT molecular complexity index is 332. The van der Waals surface area contributed by atoms with Crippen molar-refractivity contribution >= 4 is 0 Å². The maximum absolute atomic E-state index is 12.9. The summed E-state index contributed by atoms with van der Waals surface area (Å²) in [6.45, 7) is 3.98. The molecule has 19 heavy (non-hydrogen) atoms. The van der Waals surface area contributed by atoms with Gasteiger partial charge in [-0.1, -0.05) is 39.0 Å². The van der Waals surface area contributed by atoms with Crippen LogP contribution in [0.2, 0.25) is 0 Å². The Kier molecular flexibility index (Phi) is 8.39. The van der Waals surface area contributed by atoms with Crippen molar-refractivity contribution in [1.82, 2.24) is 5.32 Å². The highest BCUT2D eigenvalue weighted by Crippen LogP contribution is 2.08. The molecule has 0 atom stereocenters. The quantitative estimate of drug-likeness (QED) is 0.618. The van der Waals surface area contributed by atoms with Gasteiger partial charge in [-0.15, -0.1) is 0 Å². The Morgan fingerprint density at radius 1 is 0.842 bits per heavy atom. The van der Waals surface area contributed by atoms with Crippen LogP contribution in [0.5, 0.6) is 0 Å². The summed E-state index contributed by atoms with van der Waals surface area (Å²) >= 11 is 0. The molecule has 1 rings (SSSR count). The molecule has 0 aliphatic rings. The largest absolute Gasteiger partial charge is 0.316 e. The molecule has 0 bridgehead atoms. The monoisotopic (exact) mass is 269 g/mol. The highest BCUT2D eigenvalue weighted by Gasteiger charge is 2.00. The van der Waals surface area contributed by atoms with E-state index in [0.29, 0.717) is 12.0 Å². The van der Waals surface area contributed by atoms with Crippen LogP contribution in [0.15, 0.2) is 18.2 Å². The third kappa shape index (κ3) is 7.93. The van der Waals surface area contributed by atoms with Gasteiger partial charge in [-0.05, 0) is 43.6 Å². The molecule has 1 N–H and O–H groups in total. The summed E-state index contributed by atoms with van der Waals surface area (Å²) in [4.78, 5) is 0. The van der Waals surface area contributed by atoms with Gasteiger partial charge in [-0.2, -0.15) is 0 Å². The topological polar surface area (TPSA) is 12.0 Å². The van der Waals surface area contributed by atoms with Gasteiger partial charge in [0.1, 0.15) is 11.6 Å². The van der Waals surface area contributed by atoms with E-state index in [4.69, 9.17) is 0 Å². The Morgan fingerprint density at radius 3 is 2.16 bits per heavy atom. The lowest BCUT2D eigenvalue weighted by molar-refractivity contribution is 0.566. The summed E-state index contributed by atoms with van der Waals surface area (Å²) < 4.78 is 25.9. The smallest absolute Gasteiger partial charge is 0.126 e. The van der Waals surface area contributed by atoms with Crippen molar-refractivity contribution < 1.29 is 8.78 Å². The maximum Gasteiger partial charge on any atom is 0.126 e. The molecular formula is C16H25F2N. The minimum atomic E-state index is -0.495. The van der Waals surface area contributed by atoms with E-state index in [-0.39, 0.29) is 0 Å². The van der Waals surface area contributed by atoms with Crippen LogP contribution >= 0.6 is 0 Å². The van der Waals surface area contributed by atoms with Crippen LogP contribution in [0, 0.1) is 11.6 Å². The van der Waals surface area contributed by atoms with Crippen molar-refractivity contribution in [3.8, 4) is 0 Å². The normalized spacial score (nSPS) is 10.9. The number of benzene rings is 1. The van der Waals surface area contributed by atoms with Crippen molar-refractivity contribution in [3.05, 3.63) is 35.4 Å². The molecule has 1 nitrogen and oxygen atoms in total. The van der Waals surface area contributed by atoms with E-state index < -0.39 is 11.6 Å². The molecule has 0 aromatic heterocycles. The number of unbranched alkanes of at least 4 members (excludes halogenated alkanes) is 5. The van der Waals surface area contributed by atoms with Crippen molar-refractivity contribution in [2.24, 2.45) is 0 Å². The summed E-state index contributed by atoms with van der Waals surface area (Å²) in [5.74, 6) is -0.989. The van der Waals surface area contributed by atoms with E-state index in [1.165, 1.54) is 50.7 Å². The molecule has 0 unspecified atom stereocenters. The third-order valence-corrected chi connectivity index (χ3v) is 3.22. The van der Waals surface area contributed by atoms with Gasteiger partial charge in [0, 0.05) is 6.07 Å². The molecule has 1 aromatic carbocycles. The van der Waals surface area contributed by atoms with Gasteiger partial charge in [0.15, 0.2) is 0 Å². The van der Waals surface area contributed by atoms with Crippen LogP contribution < -0.4 is 5.32 Å². The first-order chi connectivity index (χ1) is 9.22. The molecule has 1 aromatic rings. The summed E-state index contributed by atoms with van der Waals surface area (Å²) in [5.41, 5.74) is 0.716. The highest BCUT2D eigenvalue weighted by atomic mass is 19.1. The fourth-order valence-electron chi connectivity index (χ4n) is 2.14. The van der Waals surface area contributed by atoms with E-state index >= 15 is 0 Å². The molecule has 0 aliphatic carbocycles. The first kappa shape index (κ1) is 16.1. The van der Waals surface area contributed by atoms with Crippen LogP contribution in [-0.4, -0.2) is 13.1 Å². The average molecular weight is 269 g/mol. The molecule has 3 heteroatoms. The summed E-state index contributed by atoms with van der Waals surface area (Å²) in [6, 6.07) is 3.71. The minimum absolute atomic E-state index is 0.495. The second kappa shape index (κ2) is 9.90. The molecule has 0 spiro atoms. The van der Waals surface area contributed by atoms with Crippen LogP contribution in [0.1, 0.15) is 51.0 Å². The Hall–Kier alpha value is -0.960. The molecule has 0 heterocycles. The molecule has 0 radical (unpaired) electrons. The number of hydrogen-bond donors (Lipinski definition) is 1. The number of halogens is 2. The maximum atomic E-state index is 12.9. The zero-order valence-corrected chi connectivity index (χ0v) is 11.9. The fraction of sp³-hybridized carbons (Fsp3) is 0.625. The number of nitrogens with one attached hydrogen (secondary N) is 1. The van der Waals surface area contributed by atoms with Gasteiger partial charge in [-0.3, -0.25) is 0 Å². The van der Waals surface area contributed by atoms with Crippen LogP contribution in [0.25, 0.3) is 0 Å². The van der Waals surface area contributed by atoms with Gasteiger partial charge in [0.25, 0.3) is 0 Å². The molecule has 0 fully saturated rings. The summed E-state index contributed by atoms with van der Waals surface area (Å²) in [6.07, 6.45) is 8.37. The molecule has 0 saturated heterocycles. The zero-order valence-electron chi connectivity index (χ0n) is 11.9. The average Bonchev–Trinajstić information content (AvgIpc) is 2.36. The first-order valence-electron chi connectivity index (χ1n) is 7.38. The third-order valence-electron chi connectivity index (χ3n) is 3.22. The number of rotatable bonds is 10. The van der Waals surface area contributed by atoms with Gasteiger partial charge < -0.3 is 5.32 Å². The van der Waals surface area contributed by atoms with Crippen molar-refractivity contribution in [1.29, 1.82) is 0 Å². The van der Waals surface area contributed by atoms with E-state index in [1.807, 2.05) is 0 Å². The lowest BCUT2D eigenvalue weighted by atomic mass is 10.1. The standard InChI is InChI=1S/C16H25F2N/c1-2-3-4-5-6-7-9-19-10-8-14-11-15(17)13-16(18)12-14/h11-13,19H,2-10H2,1H3. The predicted octanol–water partition coefficient (Wildman–Crippen LogP) is 4.46. The summed E-state index contributed by atoms with van der Waals surface area (Å²) in [5, 5.41) is 3.32. The number of hydrogen-bond acceptors (Lipinski definition) is 1. The zero-order chi connectivity index (χ0) is 13.9. The molecule has 108 valence electrons. The Balaban J connectivity index is 2.01. The van der Waals surface area contributed by atoms with Crippen LogP contribution in [0.3, 0.4) is 0 Å². The van der Waals surface area contributed by atoms with Gasteiger partial charge in [-0.25, -0.2) is 8.78 Å². The molecular weight excluding hydrogens is 244 g/mol. The Labute approximate surface area is 115 Å². The van der Waals surface area contributed by atoms with Gasteiger partial charge in [0.2, 0.25) is 0 Å². The lowest BCUT2D eigenvalue weighted by Gasteiger charge is -2.05. The van der Waals surface area contributed by atoms with Crippen molar-refractivity contribution in [2.75, 3.05) is 13.1 Å². The first-order valence-corrected chi connectivity index (χ1v) is 7.38. The summed E-state index contributed by atoms with van der Waals surface area (Å²) in [7, 11) is 0. The second-order valence-electron chi connectivity index (χ2n) is 5.05. The SMILES string of the molecule is CCCCCCCCNCCc1cc(F)cc(F)c1.